The second-order valence-corrected chi connectivity index (χ2v) is 5.76. The molecule has 0 amide bonds. The van der Waals surface area contributed by atoms with Crippen LogP contribution in [0.3, 0.4) is 0 Å². The largest absolute Gasteiger partial charge is 0.312 e. The molecule has 1 nitrogen and oxygen atoms in total. The van der Waals surface area contributed by atoms with Crippen molar-refractivity contribution in [1.29, 1.82) is 0 Å². The lowest BCUT2D eigenvalue weighted by atomic mass is 10.00. The first-order chi connectivity index (χ1) is 8.03. The highest BCUT2D eigenvalue weighted by atomic mass is 14.9. The number of benzene rings is 1. The van der Waals surface area contributed by atoms with Crippen molar-refractivity contribution in [3.63, 3.8) is 0 Å². The molecular weight excluding hydrogens is 206 g/mol. The van der Waals surface area contributed by atoms with Gasteiger partial charge in [0.15, 0.2) is 0 Å². The molecule has 0 aliphatic heterocycles. The van der Waals surface area contributed by atoms with Gasteiger partial charge in [-0.2, -0.15) is 0 Å². The molecule has 0 radical (unpaired) electrons. The highest BCUT2D eigenvalue weighted by Gasteiger charge is 2.07. The van der Waals surface area contributed by atoms with Gasteiger partial charge in [-0.25, -0.2) is 0 Å². The SMILES string of the molecule is CCc1ccccc1CCCCNC(C)(C)C. The van der Waals surface area contributed by atoms with E-state index in [2.05, 4.69) is 57.3 Å². The van der Waals surface area contributed by atoms with E-state index < -0.39 is 0 Å². The van der Waals surface area contributed by atoms with Crippen LogP contribution in [0.5, 0.6) is 0 Å². The van der Waals surface area contributed by atoms with Gasteiger partial charge < -0.3 is 5.32 Å². The quantitative estimate of drug-likeness (QED) is 0.733. The van der Waals surface area contributed by atoms with Crippen LogP contribution in [0.4, 0.5) is 0 Å². The van der Waals surface area contributed by atoms with Crippen LogP contribution >= 0.6 is 0 Å². The summed E-state index contributed by atoms with van der Waals surface area (Å²) in [6.07, 6.45) is 4.90. The fourth-order valence-corrected chi connectivity index (χ4v) is 2.05. The van der Waals surface area contributed by atoms with Crippen LogP contribution in [0.25, 0.3) is 0 Å². The first-order valence-electron chi connectivity index (χ1n) is 6.85. The van der Waals surface area contributed by atoms with Crippen molar-refractivity contribution in [2.75, 3.05) is 6.54 Å². The van der Waals surface area contributed by atoms with Crippen molar-refractivity contribution in [2.45, 2.75) is 58.9 Å². The highest BCUT2D eigenvalue weighted by molar-refractivity contribution is 5.26. The van der Waals surface area contributed by atoms with Crippen molar-refractivity contribution in [2.24, 2.45) is 0 Å². The van der Waals surface area contributed by atoms with Crippen LogP contribution in [-0.4, -0.2) is 12.1 Å². The Hall–Kier alpha value is -0.820. The van der Waals surface area contributed by atoms with Gasteiger partial charge in [0.2, 0.25) is 0 Å². The Labute approximate surface area is 107 Å². The van der Waals surface area contributed by atoms with E-state index in [9.17, 15) is 0 Å². The van der Waals surface area contributed by atoms with E-state index >= 15 is 0 Å². The Morgan fingerprint density at radius 2 is 1.65 bits per heavy atom. The normalized spacial score (nSPS) is 11.8. The molecule has 0 aromatic heterocycles. The third-order valence-electron chi connectivity index (χ3n) is 3.03. The lowest BCUT2D eigenvalue weighted by Gasteiger charge is -2.20. The fraction of sp³-hybridized carbons (Fsp3) is 0.625. The van der Waals surface area contributed by atoms with E-state index in [1.807, 2.05) is 0 Å². The van der Waals surface area contributed by atoms with Gasteiger partial charge in [0, 0.05) is 5.54 Å². The number of nitrogens with one attached hydrogen (secondary N) is 1. The molecule has 0 aliphatic rings. The Kier molecular flexibility index (Phi) is 5.70. The summed E-state index contributed by atoms with van der Waals surface area (Å²) in [4.78, 5) is 0. The van der Waals surface area contributed by atoms with E-state index in [1.165, 1.54) is 30.4 Å². The topological polar surface area (TPSA) is 12.0 Å². The Balaban J connectivity index is 2.27. The van der Waals surface area contributed by atoms with Gasteiger partial charge in [0.05, 0.1) is 0 Å². The molecule has 17 heavy (non-hydrogen) atoms. The number of unbranched alkanes of at least 4 members (excludes halogenated alkanes) is 1. The third-order valence-corrected chi connectivity index (χ3v) is 3.03. The van der Waals surface area contributed by atoms with E-state index in [-0.39, 0.29) is 5.54 Å². The van der Waals surface area contributed by atoms with Gasteiger partial charge in [0.1, 0.15) is 0 Å². The molecular formula is C16H27N. The highest BCUT2D eigenvalue weighted by Crippen LogP contribution is 2.12. The monoisotopic (exact) mass is 233 g/mol. The summed E-state index contributed by atoms with van der Waals surface area (Å²) in [5.74, 6) is 0. The summed E-state index contributed by atoms with van der Waals surface area (Å²) < 4.78 is 0. The third kappa shape index (κ3) is 5.88. The van der Waals surface area contributed by atoms with Gasteiger partial charge in [-0.3, -0.25) is 0 Å². The zero-order valence-electron chi connectivity index (χ0n) is 11.8. The Bertz CT molecular complexity index is 323. The zero-order valence-corrected chi connectivity index (χ0v) is 11.8. The number of hydrogen-bond donors (Lipinski definition) is 1. The van der Waals surface area contributed by atoms with Crippen LogP contribution in [-0.2, 0) is 12.8 Å². The smallest absolute Gasteiger partial charge is 0.00965 e. The van der Waals surface area contributed by atoms with E-state index in [0.717, 1.165) is 13.0 Å². The fourth-order valence-electron chi connectivity index (χ4n) is 2.05. The van der Waals surface area contributed by atoms with Gasteiger partial charge in [0.25, 0.3) is 0 Å². The minimum absolute atomic E-state index is 0.251. The predicted octanol–water partition coefficient (Wildman–Crippen LogP) is 3.96. The van der Waals surface area contributed by atoms with Crippen molar-refractivity contribution in [1.82, 2.24) is 5.32 Å². The first-order valence-corrected chi connectivity index (χ1v) is 6.85. The molecule has 0 aliphatic carbocycles. The van der Waals surface area contributed by atoms with Crippen molar-refractivity contribution >= 4 is 0 Å². The van der Waals surface area contributed by atoms with Crippen molar-refractivity contribution < 1.29 is 0 Å². The summed E-state index contributed by atoms with van der Waals surface area (Å²) in [6.45, 7) is 10.0. The molecule has 0 unspecified atom stereocenters. The molecule has 0 atom stereocenters. The molecule has 0 saturated carbocycles. The van der Waals surface area contributed by atoms with E-state index in [1.54, 1.807) is 0 Å². The maximum absolute atomic E-state index is 3.54. The average Bonchev–Trinajstić information content (AvgIpc) is 2.27. The van der Waals surface area contributed by atoms with Crippen LogP contribution < -0.4 is 5.32 Å². The minimum atomic E-state index is 0.251. The lowest BCUT2D eigenvalue weighted by Crippen LogP contribution is -2.36. The molecule has 0 heterocycles. The number of hydrogen-bond acceptors (Lipinski definition) is 1. The number of aryl methyl sites for hydroxylation is 2. The molecule has 1 N–H and O–H groups in total. The average molecular weight is 233 g/mol. The summed E-state index contributed by atoms with van der Waals surface area (Å²) in [6, 6.07) is 8.82. The number of rotatable bonds is 6. The van der Waals surface area contributed by atoms with E-state index in [4.69, 9.17) is 0 Å². The molecule has 0 fully saturated rings. The molecule has 0 spiro atoms. The maximum Gasteiger partial charge on any atom is 0.00965 e. The molecule has 96 valence electrons. The minimum Gasteiger partial charge on any atom is -0.312 e. The molecule has 0 saturated heterocycles. The summed E-state index contributed by atoms with van der Waals surface area (Å²) in [5.41, 5.74) is 3.29. The standard InChI is InChI=1S/C16H27N/c1-5-14-10-6-7-11-15(14)12-8-9-13-17-16(2,3)4/h6-7,10-11,17H,5,8-9,12-13H2,1-4H3. The molecule has 0 bridgehead atoms. The van der Waals surface area contributed by atoms with Crippen LogP contribution in [0.15, 0.2) is 24.3 Å². The molecule has 1 aromatic rings. The van der Waals surface area contributed by atoms with Crippen molar-refractivity contribution in [3.8, 4) is 0 Å². The Morgan fingerprint density at radius 1 is 1.00 bits per heavy atom. The van der Waals surface area contributed by atoms with Gasteiger partial charge in [-0.15, -0.1) is 0 Å². The molecule has 1 heteroatoms. The second kappa shape index (κ2) is 6.80. The molecule has 1 aromatic carbocycles. The lowest BCUT2D eigenvalue weighted by molar-refractivity contribution is 0.419. The first kappa shape index (κ1) is 14.2. The van der Waals surface area contributed by atoms with Gasteiger partial charge >= 0.3 is 0 Å². The predicted molar refractivity (Wildman–Crippen MR) is 76.5 cm³/mol. The zero-order chi connectivity index (χ0) is 12.7. The second-order valence-electron chi connectivity index (χ2n) is 5.76. The summed E-state index contributed by atoms with van der Waals surface area (Å²) in [7, 11) is 0. The summed E-state index contributed by atoms with van der Waals surface area (Å²) in [5, 5.41) is 3.54. The summed E-state index contributed by atoms with van der Waals surface area (Å²) >= 11 is 0. The Morgan fingerprint density at radius 3 is 2.24 bits per heavy atom. The van der Waals surface area contributed by atoms with E-state index in [0.29, 0.717) is 0 Å². The van der Waals surface area contributed by atoms with Crippen molar-refractivity contribution in [3.05, 3.63) is 35.4 Å². The van der Waals surface area contributed by atoms with Crippen LogP contribution in [0, 0.1) is 0 Å². The van der Waals surface area contributed by atoms with Crippen LogP contribution in [0.1, 0.15) is 51.7 Å². The van der Waals surface area contributed by atoms with Crippen LogP contribution in [0.2, 0.25) is 0 Å². The van der Waals surface area contributed by atoms with Gasteiger partial charge in [-0.05, 0) is 64.1 Å². The maximum atomic E-state index is 3.54. The van der Waals surface area contributed by atoms with Gasteiger partial charge in [-0.1, -0.05) is 31.2 Å². The molecule has 1 rings (SSSR count).